The first-order chi connectivity index (χ1) is 10.9. The van der Waals surface area contributed by atoms with Gasteiger partial charge in [0.15, 0.2) is 5.11 Å². The summed E-state index contributed by atoms with van der Waals surface area (Å²) in [5, 5.41) is 7.22. The molecule has 1 aromatic rings. The Balaban J connectivity index is 1.77. The lowest BCUT2D eigenvalue weighted by Crippen LogP contribution is -3.15. The molecule has 1 aromatic carbocycles. The Hall–Kier alpha value is -1.17. The van der Waals surface area contributed by atoms with Crippen LogP contribution in [0.25, 0.3) is 0 Å². The number of ether oxygens (including phenoxy) is 1. The van der Waals surface area contributed by atoms with E-state index in [9.17, 15) is 0 Å². The number of rotatable bonds is 5. The molecule has 1 saturated heterocycles. The standard InChI is InChI=1S/C18H29N3OS/c1-13(2)11-21-5-6-22-17(12-21)10-19-18(23)20-16-8-14(3)7-15(4)9-16/h7-9,13,17H,5-6,10-12H2,1-4H3,(H2,19,20,23)/p+1/t17-/m1/s1. The Morgan fingerprint density at radius 2 is 2.00 bits per heavy atom. The Kier molecular flexibility index (Phi) is 6.81. The second kappa shape index (κ2) is 8.62. The fourth-order valence-corrected chi connectivity index (χ4v) is 3.38. The Morgan fingerprint density at radius 3 is 2.65 bits per heavy atom. The first-order valence-corrected chi connectivity index (χ1v) is 8.91. The first kappa shape index (κ1) is 18.2. The van der Waals surface area contributed by atoms with E-state index in [0.717, 1.165) is 37.8 Å². The second-order valence-electron chi connectivity index (χ2n) is 7.01. The van der Waals surface area contributed by atoms with Crippen molar-refractivity contribution in [1.29, 1.82) is 0 Å². The molecule has 4 nitrogen and oxygen atoms in total. The number of benzene rings is 1. The van der Waals surface area contributed by atoms with Crippen molar-refractivity contribution in [3.8, 4) is 0 Å². The highest BCUT2D eigenvalue weighted by atomic mass is 32.1. The van der Waals surface area contributed by atoms with Crippen LogP contribution in [0.15, 0.2) is 18.2 Å². The van der Waals surface area contributed by atoms with Gasteiger partial charge in [0.2, 0.25) is 0 Å². The third-order valence-electron chi connectivity index (χ3n) is 3.99. The number of hydrogen-bond donors (Lipinski definition) is 3. The first-order valence-electron chi connectivity index (χ1n) is 8.50. The average Bonchev–Trinajstić information content (AvgIpc) is 2.43. The van der Waals surface area contributed by atoms with Crippen LogP contribution in [0, 0.1) is 19.8 Å². The van der Waals surface area contributed by atoms with Crippen LogP contribution < -0.4 is 15.5 Å². The molecular weight excluding hydrogens is 306 g/mol. The zero-order chi connectivity index (χ0) is 16.8. The molecule has 0 spiro atoms. The Labute approximate surface area is 145 Å². The number of thiocarbonyl (C=S) groups is 1. The van der Waals surface area contributed by atoms with Gasteiger partial charge < -0.3 is 20.3 Å². The van der Waals surface area contributed by atoms with Crippen molar-refractivity contribution < 1.29 is 9.64 Å². The molecule has 2 atom stereocenters. The van der Waals surface area contributed by atoms with Crippen molar-refractivity contribution in [1.82, 2.24) is 5.32 Å². The van der Waals surface area contributed by atoms with Crippen LogP contribution in [0.5, 0.6) is 0 Å². The number of quaternary nitrogens is 1. The Bertz CT molecular complexity index is 513. The molecule has 1 heterocycles. The van der Waals surface area contributed by atoms with E-state index in [-0.39, 0.29) is 6.10 Å². The van der Waals surface area contributed by atoms with Gasteiger partial charge in [0.25, 0.3) is 0 Å². The van der Waals surface area contributed by atoms with Gasteiger partial charge in [-0.1, -0.05) is 19.9 Å². The molecule has 0 amide bonds. The molecule has 2 rings (SSSR count). The van der Waals surface area contributed by atoms with E-state index in [0.29, 0.717) is 5.11 Å². The van der Waals surface area contributed by atoms with Gasteiger partial charge in [-0.2, -0.15) is 0 Å². The third kappa shape index (κ3) is 6.45. The molecule has 1 unspecified atom stereocenters. The van der Waals surface area contributed by atoms with Crippen LogP contribution in [0.4, 0.5) is 5.69 Å². The van der Waals surface area contributed by atoms with Crippen molar-refractivity contribution in [3.05, 3.63) is 29.3 Å². The van der Waals surface area contributed by atoms with Gasteiger partial charge in [-0.25, -0.2) is 0 Å². The van der Waals surface area contributed by atoms with Crippen molar-refractivity contribution in [2.45, 2.75) is 33.8 Å². The van der Waals surface area contributed by atoms with E-state index in [1.807, 2.05) is 0 Å². The predicted molar refractivity (Wildman–Crippen MR) is 100 cm³/mol. The number of anilines is 1. The fourth-order valence-electron chi connectivity index (χ4n) is 3.18. The van der Waals surface area contributed by atoms with Crippen LogP contribution in [-0.4, -0.2) is 44.0 Å². The van der Waals surface area contributed by atoms with Crippen molar-refractivity contribution in [2.24, 2.45) is 5.92 Å². The zero-order valence-electron chi connectivity index (χ0n) is 14.7. The van der Waals surface area contributed by atoms with Gasteiger partial charge in [-0.3, -0.25) is 0 Å². The third-order valence-corrected chi connectivity index (χ3v) is 4.24. The lowest BCUT2D eigenvalue weighted by molar-refractivity contribution is -0.914. The number of aryl methyl sites for hydroxylation is 2. The van der Waals surface area contributed by atoms with Gasteiger partial charge in [-0.05, 0) is 49.3 Å². The smallest absolute Gasteiger partial charge is 0.170 e. The van der Waals surface area contributed by atoms with Crippen molar-refractivity contribution in [2.75, 3.05) is 38.1 Å². The quantitative estimate of drug-likeness (QED) is 0.713. The zero-order valence-corrected chi connectivity index (χ0v) is 15.6. The minimum atomic E-state index is 0.233. The highest BCUT2D eigenvalue weighted by Crippen LogP contribution is 2.13. The van der Waals surface area contributed by atoms with Crippen LogP contribution in [0.1, 0.15) is 25.0 Å². The van der Waals surface area contributed by atoms with Crippen molar-refractivity contribution >= 4 is 23.0 Å². The molecule has 128 valence electrons. The Morgan fingerprint density at radius 1 is 1.30 bits per heavy atom. The largest absolute Gasteiger partial charge is 0.365 e. The number of nitrogens with one attached hydrogen (secondary N) is 3. The lowest BCUT2D eigenvalue weighted by atomic mass is 10.1. The molecule has 1 fully saturated rings. The summed E-state index contributed by atoms with van der Waals surface area (Å²) in [5.41, 5.74) is 3.51. The average molecular weight is 337 g/mol. The topological polar surface area (TPSA) is 37.7 Å². The van der Waals surface area contributed by atoms with Gasteiger partial charge >= 0.3 is 0 Å². The summed E-state index contributed by atoms with van der Waals surface area (Å²) in [6.07, 6.45) is 0.233. The SMILES string of the molecule is Cc1cc(C)cc(NC(=S)NC[C@@H]2C[NH+](CC(C)C)CCO2)c1. The summed E-state index contributed by atoms with van der Waals surface area (Å²) in [4.78, 5) is 1.63. The molecule has 0 radical (unpaired) electrons. The van der Waals surface area contributed by atoms with E-state index in [2.05, 4.69) is 56.5 Å². The maximum atomic E-state index is 5.86. The fraction of sp³-hybridized carbons (Fsp3) is 0.611. The molecule has 0 aromatic heterocycles. The maximum absolute atomic E-state index is 5.86. The molecule has 23 heavy (non-hydrogen) atoms. The summed E-state index contributed by atoms with van der Waals surface area (Å²) in [6, 6.07) is 6.36. The molecule has 0 aliphatic carbocycles. The summed E-state index contributed by atoms with van der Waals surface area (Å²) in [5.74, 6) is 0.726. The van der Waals surface area contributed by atoms with Crippen molar-refractivity contribution in [3.63, 3.8) is 0 Å². The van der Waals surface area contributed by atoms with Crippen LogP contribution >= 0.6 is 12.2 Å². The molecule has 3 N–H and O–H groups in total. The molecule has 0 saturated carbocycles. The summed E-state index contributed by atoms with van der Waals surface area (Å²) in [7, 11) is 0. The molecule has 1 aliphatic heterocycles. The summed E-state index contributed by atoms with van der Waals surface area (Å²) in [6.45, 7) is 13.7. The van der Waals surface area contributed by atoms with Gasteiger partial charge in [0.1, 0.15) is 19.2 Å². The molecular formula is C18H30N3OS+. The predicted octanol–water partition coefficient (Wildman–Crippen LogP) is 1.53. The van der Waals surface area contributed by atoms with Crippen LogP contribution in [-0.2, 0) is 4.74 Å². The number of morpholine rings is 1. The van der Waals surface area contributed by atoms with Gasteiger partial charge in [0.05, 0.1) is 13.2 Å². The van der Waals surface area contributed by atoms with Crippen LogP contribution in [0.3, 0.4) is 0 Å². The summed E-state index contributed by atoms with van der Waals surface area (Å²) >= 11 is 5.41. The minimum absolute atomic E-state index is 0.233. The number of hydrogen-bond acceptors (Lipinski definition) is 2. The molecule has 0 bridgehead atoms. The van der Waals surface area contributed by atoms with E-state index >= 15 is 0 Å². The normalized spacial score (nSPS) is 21.3. The monoisotopic (exact) mass is 336 g/mol. The summed E-state index contributed by atoms with van der Waals surface area (Å²) < 4.78 is 5.86. The van der Waals surface area contributed by atoms with Gasteiger partial charge in [-0.15, -0.1) is 0 Å². The maximum Gasteiger partial charge on any atom is 0.170 e. The van der Waals surface area contributed by atoms with Gasteiger partial charge in [0, 0.05) is 18.2 Å². The van der Waals surface area contributed by atoms with E-state index in [1.54, 1.807) is 4.90 Å². The highest BCUT2D eigenvalue weighted by Gasteiger charge is 2.24. The lowest BCUT2D eigenvalue weighted by Gasteiger charge is -2.31. The van der Waals surface area contributed by atoms with E-state index in [1.165, 1.54) is 17.7 Å². The molecule has 1 aliphatic rings. The molecule has 5 heteroatoms. The minimum Gasteiger partial charge on any atom is -0.365 e. The second-order valence-corrected chi connectivity index (χ2v) is 7.41. The van der Waals surface area contributed by atoms with E-state index < -0.39 is 0 Å². The van der Waals surface area contributed by atoms with Crippen LogP contribution in [0.2, 0.25) is 0 Å². The highest BCUT2D eigenvalue weighted by molar-refractivity contribution is 7.80. The van der Waals surface area contributed by atoms with E-state index in [4.69, 9.17) is 17.0 Å².